The number of rotatable bonds is 6. The fourth-order valence-electron chi connectivity index (χ4n) is 1.91. The number of aliphatic hydroxyl groups excluding tert-OH is 1. The number of pyridine rings is 1. The van der Waals surface area contributed by atoms with Crippen molar-refractivity contribution in [1.29, 1.82) is 0 Å². The summed E-state index contributed by atoms with van der Waals surface area (Å²) in [5, 5.41) is 13.9. The fraction of sp³-hybridized carbons (Fsp3) is 0.357. The lowest BCUT2D eigenvalue weighted by molar-refractivity contribution is 0.283. The summed E-state index contributed by atoms with van der Waals surface area (Å²) in [4.78, 5) is 4.31. The average molecular weight is 265 g/mol. The molecule has 2 N–H and O–H groups in total. The number of fused-ring (bicyclic) bond motifs is 1. The van der Waals surface area contributed by atoms with Gasteiger partial charge in [0, 0.05) is 35.4 Å². The van der Waals surface area contributed by atoms with E-state index < -0.39 is 0 Å². The molecule has 0 atom stereocenters. The summed E-state index contributed by atoms with van der Waals surface area (Å²) >= 11 is 6.01. The maximum Gasteiger partial charge on any atom is 0.0723 e. The number of unbranched alkanes of at least 4 members (excludes halogenated alkanes) is 2. The van der Waals surface area contributed by atoms with Gasteiger partial charge in [0.15, 0.2) is 0 Å². The summed E-state index contributed by atoms with van der Waals surface area (Å²) < 4.78 is 0. The predicted molar refractivity (Wildman–Crippen MR) is 76.2 cm³/mol. The van der Waals surface area contributed by atoms with Gasteiger partial charge in [-0.15, -0.1) is 0 Å². The lowest BCUT2D eigenvalue weighted by Gasteiger charge is -2.09. The smallest absolute Gasteiger partial charge is 0.0723 e. The molecule has 18 heavy (non-hydrogen) atoms. The molecular weight excluding hydrogens is 248 g/mol. The SMILES string of the molecule is OCCCCCNc1ccnc2ccc(Cl)cc12. The van der Waals surface area contributed by atoms with E-state index in [9.17, 15) is 0 Å². The molecule has 1 aromatic heterocycles. The lowest BCUT2D eigenvalue weighted by atomic mass is 10.2. The Hall–Kier alpha value is -1.32. The molecule has 0 fully saturated rings. The normalized spacial score (nSPS) is 10.8. The van der Waals surface area contributed by atoms with Crippen LogP contribution in [-0.2, 0) is 0 Å². The van der Waals surface area contributed by atoms with Gasteiger partial charge in [0.2, 0.25) is 0 Å². The monoisotopic (exact) mass is 264 g/mol. The minimum atomic E-state index is 0.272. The quantitative estimate of drug-likeness (QED) is 0.786. The summed E-state index contributed by atoms with van der Waals surface area (Å²) in [6.07, 6.45) is 4.75. The minimum Gasteiger partial charge on any atom is -0.396 e. The molecule has 0 radical (unpaired) electrons. The highest BCUT2D eigenvalue weighted by molar-refractivity contribution is 6.31. The van der Waals surface area contributed by atoms with Crippen molar-refractivity contribution in [3.8, 4) is 0 Å². The number of aliphatic hydroxyl groups is 1. The molecule has 0 saturated carbocycles. The van der Waals surface area contributed by atoms with Gasteiger partial charge in [-0.2, -0.15) is 0 Å². The molecule has 0 amide bonds. The molecule has 0 bridgehead atoms. The Morgan fingerprint density at radius 2 is 2.06 bits per heavy atom. The Morgan fingerprint density at radius 1 is 1.17 bits per heavy atom. The van der Waals surface area contributed by atoms with E-state index in [1.807, 2.05) is 24.3 Å². The van der Waals surface area contributed by atoms with Crippen LogP contribution in [-0.4, -0.2) is 23.2 Å². The predicted octanol–water partition coefficient (Wildman–Crippen LogP) is 3.46. The van der Waals surface area contributed by atoms with Gasteiger partial charge in [-0.25, -0.2) is 0 Å². The van der Waals surface area contributed by atoms with E-state index in [-0.39, 0.29) is 6.61 Å². The van der Waals surface area contributed by atoms with Gasteiger partial charge in [-0.05, 0) is 43.5 Å². The van der Waals surface area contributed by atoms with Crippen molar-refractivity contribution >= 4 is 28.2 Å². The van der Waals surface area contributed by atoms with E-state index in [0.717, 1.165) is 47.4 Å². The number of nitrogens with zero attached hydrogens (tertiary/aromatic N) is 1. The number of halogens is 1. The number of aromatic nitrogens is 1. The van der Waals surface area contributed by atoms with Gasteiger partial charge in [0.1, 0.15) is 0 Å². The summed E-state index contributed by atoms with van der Waals surface area (Å²) in [5.74, 6) is 0. The molecule has 96 valence electrons. The molecule has 4 heteroatoms. The molecule has 3 nitrogen and oxygen atoms in total. The van der Waals surface area contributed by atoms with Crippen LogP contribution in [0.2, 0.25) is 5.02 Å². The third kappa shape index (κ3) is 3.34. The maximum absolute atomic E-state index is 8.71. The van der Waals surface area contributed by atoms with Crippen LogP contribution in [0.5, 0.6) is 0 Å². The first-order chi connectivity index (χ1) is 8.81. The molecule has 0 aliphatic heterocycles. The summed E-state index contributed by atoms with van der Waals surface area (Å²) in [6, 6.07) is 7.67. The van der Waals surface area contributed by atoms with E-state index >= 15 is 0 Å². The van der Waals surface area contributed by atoms with E-state index in [4.69, 9.17) is 16.7 Å². The topological polar surface area (TPSA) is 45.1 Å². The van der Waals surface area contributed by atoms with Crippen molar-refractivity contribution in [3.05, 3.63) is 35.5 Å². The first kappa shape index (κ1) is 13.1. The Bertz CT molecular complexity index is 516. The Labute approximate surface area is 112 Å². The maximum atomic E-state index is 8.71. The van der Waals surface area contributed by atoms with E-state index in [1.165, 1.54) is 0 Å². The second-order valence-electron chi connectivity index (χ2n) is 4.23. The van der Waals surface area contributed by atoms with Crippen molar-refractivity contribution in [1.82, 2.24) is 4.98 Å². The zero-order valence-electron chi connectivity index (χ0n) is 10.2. The van der Waals surface area contributed by atoms with Crippen LogP contribution in [0.1, 0.15) is 19.3 Å². The van der Waals surface area contributed by atoms with Gasteiger partial charge in [0.25, 0.3) is 0 Å². The number of nitrogens with one attached hydrogen (secondary N) is 1. The van der Waals surface area contributed by atoms with Crippen molar-refractivity contribution in [2.24, 2.45) is 0 Å². The van der Waals surface area contributed by atoms with Gasteiger partial charge in [0.05, 0.1) is 5.52 Å². The Morgan fingerprint density at radius 3 is 2.89 bits per heavy atom. The summed E-state index contributed by atoms with van der Waals surface area (Å²) in [6.45, 7) is 1.17. The van der Waals surface area contributed by atoms with Crippen LogP contribution in [0, 0.1) is 0 Å². The van der Waals surface area contributed by atoms with Crippen molar-refractivity contribution in [3.63, 3.8) is 0 Å². The molecular formula is C14H17ClN2O. The largest absolute Gasteiger partial charge is 0.396 e. The van der Waals surface area contributed by atoms with Crippen molar-refractivity contribution in [2.45, 2.75) is 19.3 Å². The zero-order chi connectivity index (χ0) is 12.8. The Balaban J connectivity index is 2.05. The van der Waals surface area contributed by atoms with Gasteiger partial charge >= 0.3 is 0 Å². The van der Waals surface area contributed by atoms with Crippen LogP contribution in [0.3, 0.4) is 0 Å². The van der Waals surface area contributed by atoms with Crippen molar-refractivity contribution in [2.75, 3.05) is 18.5 Å². The molecule has 2 rings (SSSR count). The molecule has 2 aromatic rings. The van der Waals surface area contributed by atoms with Gasteiger partial charge < -0.3 is 10.4 Å². The Kier molecular flexibility index (Phi) is 4.79. The van der Waals surface area contributed by atoms with Gasteiger partial charge in [-0.1, -0.05) is 11.6 Å². The zero-order valence-corrected chi connectivity index (χ0v) is 11.0. The third-order valence-corrected chi connectivity index (χ3v) is 3.09. The number of benzene rings is 1. The minimum absolute atomic E-state index is 0.272. The first-order valence-electron chi connectivity index (χ1n) is 6.20. The van der Waals surface area contributed by atoms with E-state index in [0.29, 0.717) is 0 Å². The van der Waals surface area contributed by atoms with Crippen LogP contribution in [0.4, 0.5) is 5.69 Å². The first-order valence-corrected chi connectivity index (χ1v) is 6.58. The highest BCUT2D eigenvalue weighted by Gasteiger charge is 2.02. The lowest BCUT2D eigenvalue weighted by Crippen LogP contribution is -2.02. The fourth-order valence-corrected chi connectivity index (χ4v) is 2.08. The number of hydrogen-bond donors (Lipinski definition) is 2. The highest BCUT2D eigenvalue weighted by Crippen LogP contribution is 2.24. The molecule has 0 spiro atoms. The number of hydrogen-bond acceptors (Lipinski definition) is 3. The van der Waals surface area contributed by atoms with Gasteiger partial charge in [-0.3, -0.25) is 4.98 Å². The molecule has 0 aliphatic rings. The molecule has 1 heterocycles. The number of anilines is 1. The summed E-state index contributed by atoms with van der Waals surface area (Å²) in [5.41, 5.74) is 2.01. The van der Waals surface area contributed by atoms with Crippen molar-refractivity contribution < 1.29 is 5.11 Å². The van der Waals surface area contributed by atoms with Crippen LogP contribution in [0.25, 0.3) is 10.9 Å². The second-order valence-corrected chi connectivity index (χ2v) is 4.67. The van der Waals surface area contributed by atoms with Crippen LogP contribution in [0.15, 0.2) is 30.5 Å². The standard InChI is InChI=1S/C14H17ClN2O/c15-11-4-5-13-12(10-11)14(6-8-17-13)16-7-2-1-3-9-18/h4-6,8,10,18H,1-3,7,9H2,(H,16,17). The molecule has 0 aliphatic carbocycles. The molecule has 0 saturated heterocycles. The van der Waals surface area contributed by atoms with E-state index in [2.05, 4.69) is 10.3 Å². The van der Waals surface area contributed by atoms with E-state index in [1.54, 1.807) is 6.20 Å². The van der Waals surface area contributed by atoms with Crippen LogP contribution < -0.4 is 5.32 Å². The third-order valence-electron chi connectivity index (χ3n) is 2.85. The average Bonchev–Trinajstić information content (AvgIpc) is 2.39. The molecule has 0 unspecified atom stereocenters. The second kappa shape index (κ2) is 6.57. The molecule has 1 aromatic carbocycles. The summed E-state index contributed by atoms with van der Waals surface area (Å²) in [7, 11) is 0. The highest BCUT2D eigenvalue weighted by atomic mass is 35.5. The van der Waals surface area contributed by atoms with Crippen LogP contribution >= 0.6 is 11.6 Å².